The fourth-order valence-electron chi connectivity index (χ4n) is 2.28. The topological polar surface area (TPSA) is 46.9 Å². The van der Waals surface area contributed by atoms with E-state index in [-0.39, 0.29) is 22.9 Å². The summed E-state index contributed by atoms with van der Waals surface area (Å²) in [7, 11) is 0. The van der Waals surface area contributed by atoms with E-state index in [1.54, 1.807) is 6.07 Å². The van der Waals surface area contributed by atoms with Gasteiger partial charge in [-0.15, -0.1) is 0 Å². The molecule has 0 saturated carbocycles. The number of carbonyl (C=O) groups excluding carboxylic acids is 1. The van der Waals surface area contributed by atoms with E-state index in [0.29, 0.717) is 6.54 Å². The second-order valence-corrected chi connectivity index (χ2v) is 5.64. The van der Waals surface area contributed by atoms with Crippen molar-refractivity contribution in [2.24, 2.45) is 0 Å². The third-order valence-corrected chi connectivity index (χ3v) is 3.73. The number of amides is 1. The van der Waals surface area contributed by atoms with Crippen LogP contribution in [0, 0.1) is 19.7 Å². The van der Waals surface area contributed by atoms with Crippen LogP contribution in [0.25, 0.3) is 0 Å². The van der Waals surface area contributed by atoms with Crippen molar-refractivity contribution in [3.05, 3.63) is 52.1 Å². The molecule has 0 aliphatic carbocycles. The summed E-state index contributed by atoms with van der Waals surface area (Å²) >= 11 is 5.90. The van der Waals surface area contributed by atoms with Gasteiger partial charge in [-0.2, -0.15) is 5.10 Å². The van der Waals surface area contributed by atoms with E-state index in [9.17, 15) is 9.18 Å². The highest BCUT2D eigenvalue weighted by Crippen LogP contribution is 2.19. The molecule has 0 radical (unpaired) electrons. The number of nitrogens with one attached hydrogen (secondary N) is 1. The number of halogens is 2. The Hall–Kier alpha value is -1.88. The van der Waals surface area contributed by atoms with Gasteiger partial charge in [-0.05, 0) is 38.5 Å². The maximum Gasteiger partial charge on any atom is 0.224 e. The van der Waals surface area contributed by atoms with Crippen molar-refractivity contribution in [3.63, 3.8) is 0 Å². The first-order chi connectivity index (χ1) is 10.5. The van der Waals surface area contributed by atoms with Crippen LogP contribution in [0.15, 0.2) is 24.3 Å². The Morgan fingerprint density at radius 2 is 2.18 bits per heavy atom. The monoisotopic (exact) mass is 323 g/mol. The molecule has 0 aliphatic rings. The van der Waals surface area contributed by atoms with Crippen LogP contribution in [0.5, 0.6) is 0 Å². The van der Waals surface area contributed by atoms with Crippen LogP contribution in [0.4, 0.5) is 4.39 Å². The normalized spacial score (nSPS) is 10.7. The molecule has 6 heteroatoms. The molecule has 1 amide bonds. The Kier molecular flexibility index (Phi) is 5.55. The maximum atomic E-state index is 13.6. The zero-order chi connectivity index (χ0) is 16.1. The Morgan fingerprint density at radius 1 is 1.41 bits per heavy atom. The van der Waals surface area contributed by atoms with Gasteiger partial charge in [-0.1, -0.05) is 17.7 Å². The predicted octanol–water partition coefficient (Wildman–Crippen LogP) is 3.04. The summed E-state index contributed by atoms with van der Waals surface area (Å²) in [4.78, 5) is 11.8. The van der Waals surface area contributed by atoms with Gasteiger partial charge in [0.25, 0.3) is 0 Å². The first-order valence-corrected chi connectivity index (χ1v) is 7.56. The van der Waals surface area contributed by atoms with Gasteiger partial charge in [0.05, 0.1) is 12.1 Å². The number of aromatic nitrogens is 2. The smallest absolute Gasteiger partial charge is 0.224 e. The second kappa shape index (κ2) is 7.40. The lowest BCUT2D eigenvalue weighted by atomic mass is 10.1. The summed E-state index contributed by atoms with van der Waals surface area (Å²) in [5.74, 6) is -0.689. The zero-order valence-electron chi connectivity index (χ0n) is 12.7. The molecule has 1 heterocycles. The van der Waals surface area contributed by atoms with Crippen LogP contribution < -0.4 is 5.32 Å². The van der Waals surface area contributed by atoms with E-state index in [1.807, 2.05) is 24.6 Å². The number of hydrogen-bond donors (Lipinski definition) is 1. The zero-order valence-corrected chi connectivity index (χ0v) is 13.5. The molecule has 0 atom stereocenters. The summed E-state index contributed by atoms with van der Waals surface area (Å²) in [6.07, 6.45) is 0.712. The van der Waals surface area contributed by atoms with Crippen molar-refractivity contribution in [3.8, 4) is 0 Å². The molecule has 2 aromatic rings. The molecule has 0 spiro atoms. The number of rotatable bonds is 6. The molecule has 1 N–H and O–H groups in total. The number of nitrogens with zero attached hydrogens (tertiary/aromatic N) is 2. The van der Waals surface area contributed by atoms with Crippen LogP contribution in [0.3, 0.4) is 0 Å². The Balaban J connectivity index is 1.78. The van der Waals surface area contributed by atoms with E-state index in [0.717, 1.165) is 24.4 Å². The van der Waals surface area contributed by atoms with Crippen molar-refractivity contribution >= 4 is 17.5 Å². The third-order valence-electron chi connectivity index (χ3n) is 3.37. The van der Waals surface area contributed by atoms with Crippen LogP contribution in [-0.2, 0) is 17.8 Å². The molecule has 0 fully saturated rings. The number of hydrogen-bond acceptors (Lipinski definition) is 2. The molecule has 0 aliphatic heterocycles. The van der Waals surface area contributed by atoms with E-state index in [1.165, 1.54) is 12.1 Å². The molecule has 2 rings (SSSR count). The molecule has 118 valence electrons. The summed E-state index contributed by atoms with van der Waals surface area (Å²) in [5, 5.41) is 7.41. The summed E-state index contributed by atoms with van der Waals surface area (Å²) in [6.45, 7) is 5.20. The predicted molar refractivity (Wildman–Crippen MR) is 84.4 cm³/mol. The first kappa shape index (κ1) is 16.5. The van der Waals surface area contributed by atoms with Gasteiger partial charge in [0.15, 0.2) is 0 Å². The molecular formula is C16H19ClFN3O. The minimum atomic E-state index is -0.453. The lowest BCUT2D eigenvalue weighted by molar-refractivity contribution is -0.120. The average Bonchev–Trinajstić information content (AvgIpc) is 2.77. The lowest BCUT2D eigenvalue weighted by Crippen LogP contribution is -2.27. The van der Waals surface area contributed by atoms with E-state index < -0.39 is 5.82 Å². The fourth-order valence-corrected chi connectivity index (χ4v) is 2.51. The SMILES string of the molecule is Cc1cc(C)n(CCCNC(=O)Cc2c(F)cccc2Cl)n1. The lowest BCUT2D eigenvalue weighted by Gasteiger charge is -2.08. The van der Waals surface area contributed by atoms with Gasteiger partial charge >= 0.3 is 0 Å². The van der Waals surface area contributed by atoms with Gasteiger partial charge in [0, 0.05) is 29.4 Å². The highest BCUT2D eigenvalue weighted by atomic mass is 35.5. The summed E-state index contributed by atoms with van der Waals surface area (Å²) < 4.78 is 15.5. The Bertz CT molecular complexity index is 649. The molecule has 1 aromatic heterocycles. The first-order valence-electron chi connectivity index (χ1n) is 7.18. The quantitative estimate of drug-likeness (QED) is 0.831. The van der Waals surface area contributed by atoms with Crippen LogP contribution >= 0.6 is 11.6 Å². The maximum absolute atomic E-state index is 13.6. The van der Waals surface area contributed by atoms with Gasteiger partial charge < -0.3 is 5.32 Å². The van der Waals surface area contributed by atoms with Crippen LogP contribution in [-0.4, -0.2) is 22.2 Å². The third kappa shape index (κ3) is 4.31. The van der Waals surface area contributed by atoms with Gasteiger partial charge in [0.1, 0.15) is 5.82 Å². The van der Waals surface area contributed by atoms with Gasteiger partial charge in [-0.25, -0.2) is 4.39 Å². The molecule has 0 saturated heterocycles. The van der Waals surface area contributed by atoms with Crippen molar-refractivity contribution in [2.75, 3.05) is 6.54 Å². The Labute approximate surface area is 134 Å². The van der Waals surface area contributed by atoms with Crippen molar-refractivity contribution in [1.82, 2.24) is 15.1 Å². The van der Waals surface area contributed by atoms with Gasteiger partial charge in [0.2, 0.25) is 5.91 Å². The molecular weight excluding hydrogens is 305 g/mol. The van der Waals surface area contributed by atoms with Gasteiger partial charge in [-0.3, -0.25) is 9.48 Å². The van der Waals surface area contributed by atoms with Crippen molar-refractivity contribution in [1.29, 1.82) is 0 Å². The van der Waals surface area contributed by atoms with Crippen LogP contribution in [0.1, 0.15) is 23.4 Å². The minimum absolute atomic E-state index is 0.0502. The summed E-state index contributed by atoms with van der Waals surface area (Å²) in [6, 6.07) is 6.42. The number of benzene rings is 1. The Morgan fingerprint density at radius 3 is 2.82 bits per heavy atom. The van der Waals surface area contributed by atoms with Crippen LogP contribution in [0.2, 0.25) is 5.02 Å². The molecule has 0 bridgehead atoms. The standard InChI is InChI=1S/C16H19ClFN3O/c1-11-9-12(2)21(20-11)8-4-7-19-16(22)10-13-14(17)5-3-6-15(13)18/h3,5-6,9H,4,7-8,10H2,1-2H3,(H,19,22). The van der Waals surface area contributed by atoms with Crippen molar-refractivity contribution < 1.29 is 9.18 Å². The minimum Gasteiger partial charge on any atom is -0.356 e. The number of aryl methyl sites for hydroxylation is 3. The summed E-state index contributed by atoms with van der Waals surface area (Å²) in [5.41, 5.74) is 2.32. The second-order valence-electron chi connectivity index (χ2n) is 5.23. The van der Waals surface area contributed by atoms with Crippen molar-refractivity contribution in [2.45, 2.75) is 33.2 Å². The highest BCUT2D eigenvalue weighted by molar-refractivity contribution is 6.31. The average molecular weight is 324 g/mol. The highest BCUT2D eigenvalue weighted by Gasteiger charge is 2.11. The molecule has 1 aromatic carbocycles. The largest absolute Gasteiger partial charge is 0.356 e. The molecule has 0 unspecified atom stereocenters. The number of carbonyl (C=O) groups is 1. The fraction of sp³-hybridized carbons (Fsp3) is 0.375. The van der Waals surface area contributed by atoms with E-state index >= 15 is 0 Å². The molecule has 4 nitrogen and oxygen atoms in total. The molecule has 22 heavy (non-hydrogen) atoms. The van der Waals surface area contributed by atoms with E-state index in [4.69, 9.17) is 11.6 Å². The van der Waals surface area contributed by atoms with E-state index in [2.05, 4.69) is 10.4 Å².